The van der Waals surface area contributed by atoms with Gasteiger partial charge in [0.05, 0.1) is 16.8 Å². The van der Waals surface area contributed by atoms with Crippen molar-refractivity contribution in [1.29, 1.82) is 0 Å². The Kier molecular flexibility index (Phi) is 5.55. The molecule has 0 bridgehead atoms. The van der Waals surface area contributed by atoms with Crippen LogP contribution in [0.5, 0.6) is 0 Å². The zero-order valence-corrected chi connectivity index (χ0v) is 18.5. The van der Waals surface area contributed by atoms with E-state index in [1.54, 1.807) is 16.2 Å². The number of hydrogen-bond donors (Lipinski definition) is 0. The lowest BCUT2D eigenvalue weighted by Gasteiger charge is -2.21. The van der Waals surface area contributed by atoms with E-state index in [1.807, 2.05) is 73.6 Å². The Balaban J connectivity index is 1.76. The largest absolute Gasteiger partial charge is 0.378 e. The molecule has 3 aromatic carbocycles. The standard InChI is InChI=1S/C25H25N3OS/c1-17-14-18(2)23-22(15-17)30-25(26-23)28(16-19-8-6-5-7-9-19)24(29)20-10-12-21(13-11-20)27(3)4/h5-15H,16H2,1-4H3. The van der Waals surface area contributed by atoms with Gasteiger partial charge in [-0.05, 0) is 60.9 Å². The van der Waals surface area contributed by atoms with Crippen LogP contribution in [0.1, 0.15) is 27.0 Å². The van der Waals surface area contributed by atoms with Gasteiger partial charge in [0.1, 0.15) is 0 Å². The summed E-state index contributed by atoms with van der Waals surface area (Å²) in [6, 6.07) is 22.0. The average Bonchev–Trinajstić information content (AvgIpc) is 3.16. The number of hydrogen-bond acceptors (Lipinski definition) is 4. The minimum Gasteiger partial charge on any atom is -0.378 e. The molecular formula is C25H25N3OS. The number of thiazole rings is 1. The van der Waals surface area contributed by atoms with Crippen molar-refractivity contribution in [3.8, 4) is 0 Å². The Morgan fingerprint density at radius 1 is 0.967 bits per heavy atom. The van der Waals surface area contributed by atoms with E-state index in [0.29, 0.717) is 12.1 Å². The molecule has 1 heterocycles. The van der Waals surface area contributed by atoms with E-state index in [1.165, 1.54) is 5.56 Å². The second kappa shape index (κ2) is 8.28. The first kappa shape index (κ1) is 20.1. The van der Waals surface area contributed by atoms with Gasteiger partial charge in [0, 0.05) is 25.3 Å². The first-order valence-electron chi connectivity index (χ1n) is 9.93. The number of aromatic nitrogens is 1. The van der Waals surface area contributed by atoms with Crippen LogP contribution in [0.2, 0.25) is 0 Å². The van der Waals surface area contributed by atoms with Crippen LogP contribution in [-0.2, 0) is 6.54 Å². The number of fused-ring (bicyclic) bond motifs is 1. The third kappa shape index (κ3) is 4.07. The highest BCUT2D eigenvalue weighted by Gasteiger charge is 2.22. The Labute approximate surface area is 181 Å². The summed E-state index contributed by atoms with van der Waals surface area (Å²) in [5.41, 5.74) is 6.10. The Morgan fingerprint density at radius 2 is 1.67 bits per heavy atom. The maximum Gasteiger partial charge on any atom is 0.260 e. The normalized spacial score (nSPS) is 10.9. The summed E-state index contributed by atoms with van der Waals surface area (Å²) >= 11 is 1.57. The summed E-state index contributed by atoms with van der Waals surface area (Å²) < 4.78 is 1.11. The summed E-state index contributed by atoms with van der Waals surface area (Å²) in [4.78, 5) is 22.2. The number of benzene rings is 3. The van der Waals surface area contributed by atoms with Gasteiger partial charge in [-0.25, -0.2) is 4.98 Å². The van der Waals surface area contributed by atoms with E-state index in [-0.39, 0.29) is 5.91 Å². The van der Waals surface area contributed by atoms with Gasteiger partial charge < -0.3 is 4.90 Å². The van der Waals surface area contributed by atoms with Crippen LogP contribution < -0.4 is 9.80 Å². The number of carbonyl (C=O) groups is 1. The molecule has 0 saturated carbocycles. The molecule has 1 amide bonds. The molecule has 0 spiro atoms. The monoisotopic (exact) mass is 415 g/mol. The first-order valence-corrected chi connectivity index (χ1v) is 10.7. The van der Waals surface area contributed by atoms with Crippen LogP contribution >= 0.6 is 11.3 Å². The first-order chi connectivity index (χ1) is 14.4. The van der Waals surface area contributed by atoms with Crippen molar-refractivity contribution in [2.24, 2.45) is 0 Å². The van der Waals surface area contributed by atoms with Crippen molar-refractivity contribution >= 4 is 38.3 Å². The molecule has 0 aliphatic heterocycles. The van der Waals surface area contributed by atoms with E-state index < -0.39 is 0 Å². The van der Waals surface area contributed by atoms with Crippen LogP contribution in [-0.4, -0.2) is 25.0 Å². The Hall–Kier alpha value is -3.18. The van der Waals surface area contributed by atoms with E-state index in [4.69, 9.17) is 4.98 Å². The van der Waals surface area contributed by atoms with Gasteiger partial charge in [0.25, 0.3) is 5.91 Å². The third-order valence-corrected chi connectivity index (χ3v) is 6.13. The van der Waals surface area contributed by atoms with Crippen LogP contribution in [0.15, 0.2) is 66.7 Å². The van der Waals surface area contributed by atoms with Gasteiger partial charge in [-0.2, -0.15) is 0 Å². The molecule has 4 aromatic rings. The van der Waals surface area contributed by atoms with Gasteiger partial charge in [0.15, 0.2) is 5.13 Å². The molecule has 0 fully saturated rings. The van der Waals surface area contributed by atoms with Crippen molar-refractivity contribution in [2.75, 3.05) is 23.9 Å². The fraction of sp³-hybridized carbons (Fsp3) is 0.200. The number of amides is 1. The van der Waals surface area contributed by atoms with Crippen molar-refractivity contribution in [2.45, 2.75) is 20.4 Å². The molecule has 0 atom stereocenters. The molecule has 0 radical (unpaired) electrons. The van der Waals surface area contributed by atoms with Gasteiger partial charge in [-0.3, -0.25) is 9.69 Å². The molecule has 1 aromatic heterocycles. The van der Waals surface area contributed by atoms with Crippen molar-refractivity contribution in [3.05, 3.63) is 89.0 Å². The van der Waals surface area contributed by atoms with Gasteiger partial charge in [-0.15, -0.1) is 0 Å². The van der Waals surface area contributed by atoms with Crippen molar-refractivity contribution < 1.29 is 4.79 Å². The summed E-state index contributed by atoms with van der Waals surface area (Å²) in [5, 5.41) is 0.726. The molecule has 0 unspecified atom stereocenters. The van der Waals surface area contributed by atoms with Crippen molar-refractivity contribution in [3.63, 3.8) is 0 Å². The molecule has 4 rings (SSSR count). The van der Waals surface area contributed by atoms with Gasteiger partial charge in [-0.1, -0.05) is 47.7 Å². The molecule has 4 nitrogen and oxygen atoms in total. The molecule has 152 valence electrons. The highest BCUT2D eigenvalue weighted by molar-refractivity contribution is 7.22. The maximum atomic E-state index is 13.5. The Bertz CT molecular complexity index is 1180. The molecule has 0 saturated heterocycles. The molecular weight excluding hydrogens is 390 g/mol. The number of carbonyl (C=O) groups excluding carboxylic acids is 1. The number of rotatable bonds is 5. The highest BCUT2D eigenvalue weighted by atomic mass is 32.1. The van der Waals surface area contributed by atoms with E-state index in [2.05, 4.69) is 26.0 Å². The lowest BCUT2D eigenvalue weighted by atomic mass is 10.1. The molecule has 30 heavy (non-hydrogen) atoms. The third-order valence-electron chi connectivity index (χ3n) is 5.11. The Morgan fingerprint density at radius 3 is 2.33 bits per heavy atom. The van der Waals surface area contributed by atoms with Crippen LogP contribution in [0.3, 0.4) is 0 Å². The SMILES string of the molecule is Cc1cc(C)c2nc(N(Cc3ccccc3)C(=O)c3ccc(N(C)C)cc3)sc2c1. The minimum atomic E-state index is -0.0439. The van der Waals surface area contributed by atoms with Gasteiger partial charge in [0.2, 0.25) is 0 Å². The molecule has 0 aliphatic carbocycles. The summed E-state index contributed by atoms with van der Waals surface area (Å²) in [6.45, 7) is 4.64. The van der Waals surface area contributed by atoms with E-state index in [0.717, 1.165) is 32.2 Å². The van der Waals surface area contributed by atoms with Crippen LogP contribution in [0.4, 0.5) is 10.8 Å². The lowest BCUT2D eigenvalue weighted by Crippen LogP contribution is -2.30. The topological polar surface area (TPSA) is 36.4 Å². The quantitative estimate of drug-likeness (QED) is 0.412. The zero-order valence-electron chi connectivity index (χ0n) is 17.7. The average molecular weight is 416 g/mol. The summed E-state index contributed by atoms with van der Waals surface area (Å²) in [6.07, 6.45) is 0. The minimum absolute atomic E-state index is 0.0439. The smallest absolute Gasteiger partial charge is 0.260 e. The molecule has 0 aliphatic rings. The van der Waals surface area contributed by atoms with E-state index in [9.17, 15) is 4.79 Å². The molecule has 0 N–H and O–H groups in total. The van der Waals surface area contributed by atoms with Crippen LogP contribution in [0.25, 0.3) is 10.2 Å². The number of anilines is 2. The number of nitrogens with zero attached hydrogens (tertiary/aromatic N) is 3. The predicted molar refractivity (Wildman–Crippen MR) is 127 cm³/mol. The summed E-state index contributed by atoms with van der Waals surface area (Å²) in [5.74, 6) is -0.0439. The summed E-state index contributed by atoms with van der Waals surface area (Å²) in [7, 11) is 3.98. The second-order valence-corrected chi connectivity index (χ2v) is 8.75. The fourth-order valence-corrected chi connectivity index (χ4v) is 4.66. The molecule has 5 heteroatoms. The van der Waals surface area contributed by atoms with Gasteiger partial charge >= 0.3 is 0 Å². The van der Waals surface area contributed by atoms with E-state index >= 15 is 0 Å². The maximum absolute atomic E-state index is 13.5. The second-order valence-electron chi connectivity index (χ2n) is 7.74. The predicted octanol–water partition coefficient (Wildman–Crippen LogP) is 5.83. The fourth-order valence-electron chi connectivity index (χ4n) is 3.52. The zero-order chi connectivity index (χ0) is 21.3. The van der Waals surface area contributed by atoms with Crippen molar-refractivity contribution in [1.82, 2.24) is 4.98 Å². The van der Waals surface area contributed by atoms with Crippen LogP contribution in [0, 0.1) is 13.8 Å². The highest BCUT2D eigenvalue weighted by Crippen LogP contribution is 2.33. The lowest BCUT2D eigenvalue weighted by molar-refractivity contribution is 0.0985. The number of aryl methyl sites for hydroxylation is 2.